The summed E-state index contributed by atoms with van der Waals surface area (Å²) >= 11 is 7.51. The number of aromatic nitrogens is 3. The second-order valence-corrected chi connectivity index (χ2v) is 8.19. The van der Waals surface area contributed by atoms with Crippen LogP contribution in [-0.2, 0) is 4.79 Å². The van der Waals surface area contributed by atoms with Crippen LogP contribution >= 0.6 is 23.4 Å². The van der Waals surface area contributed by atoms with Crippen LogP contribution in [0.4, 0.5) is 10.1 Å². The zero-order valence-electron chi connectivity index (χ0n) is 17.7. The lowest BCUT2D eigenvalue weighted by Crippen LogP contribution is -2.15. The van der Waals surface area contributed by atoms with Gasteiger partial charge in [-0.05, 0) is 43.3 Å². The molecule has 4 aromatic rings. The van der Waals surface area contributed by atoms with Gasteiger partial charge in [-0.1, -0.05) is 59.8 Å². The fourth-order valence-corrected chi connectivity index (χ4v) is 4.16. The number of nitrogens with one attached hydrogen (secondary N) is 1. The molecule has 0 aliphatic heterocycles. The van der Waals surface area contributed by atoms with Gasteiger partial charge in [-0.15, -0.1) is 10.2 Å². The first kappa shape index (κ1) is 22.8. The van der Waals surface area contributed by atoms with E-state index in [1.165, 1.54) is 6.07 Å². The molecule has 0 atom stereocenters. The molecule has 4 rings (SSSR count). The van der Waals surface area contributed by atoms with E-state index in [4.69, 9.17) is 16.3 Å². The fourth-order valence-electron chi connectivity index (χ4n) is 3.20. The minimum absolute atomic E-state index is 0.0373. The average molecular weight is 483 g/mol. The molecule has 1 heterocycles. The SMILES string of the molecule is CCOc1ccccc1NC(=O)CSc1nnc(-c2ccccc2Cl)n1-c1ccccc1F. The van der Waals surface area contributed by atoms with Gasteiger partial charge in [-0.2, -0.15) is 0 Å². The van der Waals surface area contributed by atoms with Crippen molar-refractivity contribution in [3.05, 3.63) is 83.6 Å². The van der Waals surface area contributed by atoms with Gasteiger partial charge in [0, 0.05) is 5.56 Å². The lowest BCUT2D eigenvalue weighted by atomic mass is 10.2. The maximum Gasteiger partial charge on any atom is 0.234 e. The number of ether oxygens (including phenoxy) is 1. The summed E-state index contributed by atoms with van der Waals surface area (Å²) in [6.07, 6.45) is 0. The molecule has 0 aliphatic carbocycles. The maximum absolute atomic E-state index is 14.7. The minimum Gasteiger partial charge on any atom is -0.492 e. The van der Waals surface area contributed by atoms with E-state index in [9.17, 15) is 9.18 Å². The van der Waals surface area contributed by atoms with Crippen molar-refractivity contribution in [3.8, 4) is 22.8 Å². The van der Waals surface area contributed by atoms with Gasteiger partial charge in [0.25, 0.3) is 0 Å². The average Bonchev–Trinajstić information content (AvgIpc) is 3.23. The molecule has 0 bridgehead atoms. The number of anilines is 1. The number of halogens is 2. The molecule has 0 spiro atoms. The number of amides is 1. The second kappa shape index (κ2) is 10.5. The summed E-state index contributed by atoms with van der Waals surface area (Å²) < 4.78 is 21.8. The van der Waals surface area contributed by atoms with Crippen molar-refractivity contribution in [2.24, 2.45) is 0 Å². The number of benzene rings is 3. The first-order valence-electron chi connectivity index (χ1n) is 10.2. The van der Waals surface area contributed by atoms with Crippen molar-refractivity contribution >= 4 is 35.0 Å². The topological polar surface area (TPSA) is 69.0 Å². The largest absolute Gasteiger partial charge is 0.492 e. The molecule has 1 amide bonds. The maximum atomic E-state index is 14.7. The normalized spacial score (nSPS) is 10.8. The Morgan fingerprint density at radius 2 is 1.79 bits per heavy atom. The van der Waals surface area contributed by atoms with Gasteiger partial charge in [0.2, 0.25) is 5.91 Å². The minimum atomic E-state index is -0.442. The van der Waals surface area contributed by atoms with Gasteiger partial charge in [0.05, 0.1) is 28.8 Å². The standard InChI is InChI=1S/C24H20ClFN4O2S/c1-2-32-21-14-8-6-12-19(21)27-22(31)15-33-24-29-28-23(16-9-3-4-10-17(16)25)30(24)20-13-7-5-11-18(20)26/h3-14H,2,15H2,1H3,(H,27,31). The van der Waals surface area contributed by atoms with Crippen molar-refractivity contribution in [3.63, 3.8) is 0 Å². The van der Waals surface area contributed by atoms with E-state index in [0.29, 0.717) is 39.6 Å². The number of rotatable bonds is 8. The Balaban J connectivity index is 1.62. The Morgan fingerprint density at radius 1 is 1.06 bits per heavy atom. The van der Waals surface area contributed by atoms with E-state index in [1.807, 2.05) is 25.1 Å². The summed E-state index contributed by atoms with van der Waals surface area (Å²) in [5.41, 5.74) is 1.45. The zero-order valence-corrected chi connectivity index (χ0v) is 19.2. The van der Waals surface area contributed by atoms with Crippen LogP contribution in [0, 0.1) is 5.82 Å². The Kier molecular flexibility index (Phi) is 7.26. The molecule has 0 unspecified atom stereocenters. The highest BCUT2D eigenvalue weighted by Crippen LogP contribution is 2.33. The molecule has 0 fully saturated rings. The van der Waals surface area contributed by atoms with Crippen LogP contribution in [0.2, 0.25) is 5.02 Å². The van der Waals surface area contributed by atoms with Crippen LogP contribution in [0.25, 0.3) is 17.1 Å². The Labute approximate surface area is 199 Å². The van der Waals surface area contributed by atoms with Crippen LogP contribution in [0.5, 0.6) is 5.75 Å². The van der Waals surface area contributed by atoms with Crippen LogP contribution < -0.4 is 10.1 Å². The molecule has 0 saturated heterocycles. The van der Waals surface area contributed by atoms with Crippen molar-refractivity contribution in [2.45, 2.75) is 12.1 Å². The van der Waals surface area contributed by atoms with E-state index in [0.717, 1.165) is 11.8 Å². The second-order valence-electron chi connectivity index (χ2n) is 6.84. The zero-order chi connectivity index (χ0) is 23.2. The lowest BCUT2D eigenvalue weighted by molar-refractivity contribution is -0.113. The summed E-state index contributed by atoms with van der Waals surface area (Å²) in [7, 11) is 0. The van der Waals surface area contributed by atoms with Crippen LogP contribution in [0.15, 0.2) is 78.0 Å². The van der Waals surface area contributed by atoms with Gasteiger partial charge in [0.15, 0.2) is 11.0 Å². The summed E-state index contributed by atoms with van der Waals surface area (Å²) in [5, 5.41) is 12.2. The van der Waals surface area contributed by atoms with Crippen LogP contribution in [-0.4, -0.2) is 33.0 Å². The first-order chi connectivity index (χ1) is 16.1. The Morgan fingerprint density at radius 3 is 2.58 bits per heavy atom. The Hall–Kier alpha value is -3.36. The Bertz CT molecular complexity index is 1280. The van der Waals surface area contributed by atoms with Gasteiger partial charge in [-0.25, -0.2) is 4.39 Å². The third-order valence-electron chi connectivity index (χ3n) is 4.63. The molecule has 0 aliphatic rings. The van der Waals surface area contributed by atoms with Crippen molar-refractivity contribution < 1.29 is 13.9 Å². The van der Waals surface area contributed by atoms with Gasteiger partial charge >= 0.3 is 0 Å². The summed E-state index contributed by atoms with van der Waals surface area (Å²) in [6.45, 7) is 2.36. The molecular formula is C24H20ClFN4O2S. The number of hydrogen-bond acceptors (Lipinski definition) is 5. The number of thioether (sulfide) groups is 1. The van der Waals surface area contributed by atoms with Gasteiger partial charge < -0.3 is 10.1 Å². The van der Waals surface area contributed by atoms with Gasteiger partial charge in [0.1, 0.15) is 11.6 Å². The molecule has 33 heavy (non-hydrogen) atoms. The number of para-hydroxylation sites is 3. The third kappa shape index (κ3) is 5.18. The molecular weight excluding hydrogens is 463 g/mol. The number of nitrogens with zero attached hydrogens (tertiary/aromatic N) is 3. The fraction of sp³-hybridized carbons (Fsp3) is 0.125. The molecule has 1 N–H and O–H groups in total. The highest BCUT2D eigenvalue weighted by atomic mass is 35.5. The molecule has 168 valence electrons. The lowest BCUT2D eigenvalue weighted by Gasteiger charge is -2.13. The van der Waals surface area contributed by atoms with E-state index in [2.05, 4.69) is 15.5 Å². The number of carbonyl (C=O) groups is 1. The predicted octanol–water partition coefficient (Wildman–Crippen LogP) is 5.86. The summed E-state index contributed by atoms with van der Waals surface area (Å²) in [6, 6.07) is 20.7. The third-order valence-corrected chi connectivity index (χ3v) is 5.89. The van der Waals surface area contributed by atoms with Crippen molar-refractivity contribution in [1.82, 2.24) is 14.8 Å². The van der Waals surface area contributed by atoms with E-state index in [-0.39, 0.29) is 17.3 Å². The van der Waals surface area contributed by atoms with E-state index < -0.39 is 5.82 Å². The van der Waals surface area contributed by atoms with Crippen molar-refractivity contribution in [1.29, 1.82) is 0 Å². The quantitative estimate of drug-likeness (QED) is 0.319. The smallest absolute Gasteiger partial charge is 0.234 e. The van der Waals surface area contributed by atoms with Crippen LogP contribution in [0.1, 0.15) is 6.92 Å². The predicted molar refractivity (Wildman–Crippen MR) is 129 cm³/mol. The highest BCUT2D eigenvalue weighted by molar-refractivity contribution is 7.99. The highest BCUT2D eigenvalue weighted by Gasteiger charge is 2.21. The van der Waals surface area contributed by atoms with Crippen molar-refractivity contribution in [2.75, 3.05) is 17.7 Å². The molecule has 0 radical (unpaired) electrons. The van der Waals surface area contributed by atoms with Crippen LogP contribution in [0.3, 0.4) is 0 Å². The first-order valence-corrected chi connectivity index (χ1v) is 11.5. The number of carbonyl (C=O) groups excluding carboxylic acids is 1. The summed E-state index contributed by atoms with van der Waals surface area (Å²) in [5.74, 6) is 0.316. The summed E-state index contributed by atoms with van der Waals surface area (Å²) in [4.78, 5) is 12.6. The molecule has 3 aromatic carbocycles. The monoisotopic (exact) mass is 482 g/mol. The van der Waals surface area contributed by atoms with E-state index in [1.54, 1.807) is 53.1 Å². The van der Waals surface area contributed by atoms with Gasteiger partial charge in [-0.3, -0.25) is 9.36 Å². The number of hydrogen-bond donors (Lipinski definition) is 1. The molecule has 9 heteroatoms. The molecule has 6 nitrogen and oxygen atoms in total. The molecule has 0 saturated carbocycles. The van der Waals surface area contributed by atoms with E-state index >= 15 is 0 Å². The molecule has 1 aromatic heterocycles.